The van der Waals surface area contributed by atoms with Gasteiger partial charge in [0.1, 0.15) is 23.0 Å². The number of aromatic nitrogens is 2. The molecule has 0 saturated carbocycles. The van der Waals surface area contributed by atoms with Gasteiger partial charge in [-0.3, -0.25) is 9.59 Å². The Hall–Kier alpha value is -4.20. The molecule has 0 amide bonds. The highest BCUT2D eigenvalue weighted by atomic mass is 16.5. The van der Waals surface area contributed by atoms with Crippen LogP contribution in [0.15, 0.2) is 46.0 Å². The fourth-order valence-corrected chi connectivity index (χ4v) is 5.67. The lowest BCUT2D eigenvalue weighted by molar-refractivity contribution is 0.305. The number of H-pyrrole nitrogens is 1. The highest BCUT2D eigenvalue weighted by Crippen LogP contribution is 2.36. The Morgan fingerprint density at radius 2 is 1.07 bits per heavy atom. The number of benzene rings is 3. The molecule has 8 nitrogen and oxygen atoms in total. The first-order valence-electron chi connectivity index (χ1n) is 16.6. The van der Waals surface area contributed by atoms with Crippen molar-refractivity contribution in [2.24, 2.45) is 7.05 Å². The molecule has 0 aliphatic heterocycles. The van der Waals surface area contributed by atoms with E-state index in [4.69, 9.17) is 18.9 Å². The van der Waals surface area contributed by atoms with Crippen LogP contribution in [-0.4, -0.2) is 36.0 Å². The van der Waals surface area contributed by atoms with Crippen molar-refractivity contribution in [3.8, 4) is 23.0 Å². The highest BCUT2D eigenvalue weighted by Gasteiger charge is 2.21. The van der Waals surface area contributed by atoms with Crippen LogP contribution >= 0.6 is 0 Å². The van der Waals surface area contributed by atoms with Gasteiger partial charge in [-0.1, -0.05) is 53.4 Å². The number of pyridine rings is 2. The summed E-state index contributed by atoms with van der Waals surface area (Å²) in [5.74, 6) is 2.27. The van der Waals surface area contributed by atoms with Gasteiger partial charge in [0, 0.05) is 17.8 Å². The van der Waals surface area contributed by atoms with E-state index in [1.807, 2.05) is 41.9 Å². The van der Waals surface area contributed by atoms with Gasteiger partial charge in [-0.05, 0) is 62.1 Å². The number of hydrogen-bond donors (Lipinski definition) is 1. The quantitative estimate of drug-likeness (QED) is 0.0886. The highest BCUT2D eigenvalue weighted by molar-refractivity contribution is 6.06. The first kappa shape index (κ1) is 32.2. The molecule has 2 heterocycles. The monoisotopic (exact) mass is 614 g/mol. The van der Waals surface area contributed by atoms with Crippen LogP contribution in [0, 0.1) is 0 Å². The smallest absolute Gasteiger partial charge is 0.201 e. The predicted molar refractivity (Wildman–Crippen MR) is 184 cm³/mol. The lowest BCUT2D eigenvalue weighted by Crippen LogP contribution is -2.14. The molecule has 5 aromatic rings. The number of nitrogens with zero attached hydrogens (tertiary/aromatic N) is 1. The summed E-state index contributed by atoms with van der Waals surface area (Å²) in [6.45, 7) is 10.5. The number of hydrogen-bond acceptors (Lipinski definition) is 6. The summed E-state index contributed by atoms with van der Waals surface area (Å²) in [6, 6.07) is 11.0. The second-order valence-electron chi connectivity index (χ2n) is 11.7. The topological polar surface area (TPSA) is 91.8 Å². The van der Waals surface area contributed by atoms with Crippen LogP contribution in [0.4, 0.5) is 0 Å². The molecule has 8 heteroatoms. The minimum absolute atomic E-state index is 0.163. The van der Waals surface area contributed by atoms with Gasteiger partial charge in [-0.25, -0.2) is 0 Å². The second kappa shape index (κ2) is 14.7. The Balaban J connectivity index is 1.80. The number of aryl methyl sites for hydroxylation is 1. The summed E-state index contributed by atoms with van der Waals surface area (Å²) < 4.78 is 26.5. The van der Waals surface area contributed by atoms with E-state index < -0.39 is 0 Å². The average molecular weight is 615 g/mol. The van der Waals surface area contributed by atoms with Crippen LogP contribution in [0.2, 0.25) is 0 Å². The number of fused-ring (bicyclic) bond motifs is 4. The van der Waals surface area contributed by atoms with Crippen LogP contribution in [-0.2, 0) is 7.05 Å². The summed E-state index contributed by atoms with van der Waals surface area (Å²) in [4.78, 5) is 32.1. The molecular formula is C37H46N2O6. The van der Waals surface area contributed by atoms with Crippen LogP contribution in [0.1, 0.15) is 79.1 Å². The van der Waals surface area contributed by atoms with E-state index in [1.165, 1.54) is 0 Å². The first-order valence-corrected chi connectivity index (χ1v) is 16.6. The molecule has 240 valence electrons. The first-order chi connectivity index (χ1) is 21.9. The van der Waals surface area contributed by atoms with E-state index in [2.05, 4.69) is 32.7 Å². The van der Waals surface area contributed by atoms with Crippen molar-refractivity contribution < 1.29 is 18.9 Å². The molecule has 0 atom stereocenters. The number of unbranched alkanes of at least 4 members (excludes halogenated alkanes) is 4. The van der Waals surface area contributed by atoms with Crippen molar-refractivity contribution >= 4 is 43.6 Å². The summed E-state index contributed by atoms with van der Waals surface area (Å²) >= 11 is 0. The summed E-state index contributed by atoms with van der Waals surface area (Å²) in [5.41, 5.74) is 2.10. The largest absolute Gasteiger partial charge is 0.493 e. The van der Waals surface area contributed by atoms with Gasteiger partial charge >= 0.3 is 0 Å². The van der Waals surface area contributed by atoms with Crippen LogP contribution in [0.25, 0.3) is 43.6 Å². The fraction of sp³-hybridized carbons (Fsp3) is 0.459. The lowest BCUT2D eigenvalue weighted by Gasteiger charge is -2.18. The molecule has 2 aromatic heterocycles. The molecule has 0 aliphatic rings. The number of aromatic amines is 1. The van der Waals surface area contributed by atoms with E-state index in [9.17, 15) is 9.59 Å². The average Bonchev–Trinajstić information content (AvgIpc) is 3.04. The molecule has 0 radical (unpaired) electrons. The molecule has 0 bridgehead atoms. The maximum atomic E-state index is 14.3. The minimum Gasteiger partial charge on any atom is -0.493 e. The Morgan fingerprint density at radius 1 is 0.600 bits per heavy atom. The Morgan fingerprint density at radius 3 is 1.64 bits per heavy atom. The van der Waals surface area contributed by atoms with Gasteiger partial charge in [0.15, 0.2) is 0 Å². The van der Waals surface area contributed by atoms with Gasteiger partial charge in [0.2, 0.25) is 10.9 Å². The van der Waals surface area contributed by atoms with E-state index in [1.54, 1.807) is 6.07 Å². The van der Waals surface area contributed by atoms with Crippen molar-refractivity contribution in [1.82, 2.24) is 9.55 Å². The molecule has 1 N–H and O–H groups in total. The van der Waals surface area contributed by atoms with Crippen molar-refractivity contribution in [3.05, 3.63) is 56.8 Å². The minimum atomic E-state index is -0.170. The van der Waals surface area contributed by atoms with Crippen LogP contribution in [0.3, 0.4) is 0 Å². The van der Waals surface area contributed by atoms with Gasteiger partial charge < -0.3 is 28.5 Å². The Kier molecular flexibility index (Phi) is 10.5. The van der Waals surface area contributed by atoms with Crippen molar-refractivity contribution in [1.29, 1.82) is 0 Å². The normalized spacial score (nSPS) is 11.6. The van der Waals surface area contributed by atoms with E-state index in [0.29, 0.717) is 93.0 Å². The number of nitrogens with one attached hydrogen (secondary N) is 1. The van der Waals surface area contributed by atoms with Crippen LogP contribution in [0.5, 0.6) is 23.0 Å². The van der Waals surface area contributed by atoms with Crippen LogP contribution < -0.4 is 29.8 Å². The number of rotatable bonds is 16. The summed E-state index contributed by atoms with van der Waals surface area (Å²) in [7, 11) is 1.91. The third-order valence-corrected chi connectivity index (χ3v) is 8.29. The van der Waals surface area contributed by atoms with Gasteiger partial charge in [0.25, 0.3) is 0 Å². The van der Waals surface area contributed by atoms with Gasteiger partial charge in [0.05, 0.1) is 59.3 Å². The third kappa shape index (κ3) is 6.46. The molecule has 0 saturated heterocycles. The zero-order valence-electron chi connectivity index (χ0n) is 27.3. The summed E-state index contributed by atoms with van der Waals surface area (Å²) in [6.07, 6.45) is 7.53. The zero-order valence-corrected chi connectivity index (χ0v) is 27.3. The SMILES string of the molecule is CCCCOc1ccc(OCCCC)c2c(=O)c3cc4c(cc3[nH]c12)c(=O)c1c(OCCCC)ccc(OCCCC)c1n4C. The fourth-order valence-electron chi connectivity index (χ4n) is 5.67. The van der Waals surface area contributed by atoms with E-state index in [0.717, 1.165) is 51.4 Å². The molecule has 0 unspecified atom stereocenters. The zero-order chi connectivity index (χ0) is 31.9. The van der Waals surface area contributed by atoms with Crippen molar-refractivity contribution in [2.45, 2.75) is 79.1 Å². The lowest BCUT2D eigenvalue weighted by atomic mass is 10.0. The van der Waals surface area contributed by atoms with Crippen molar-refractivity contribution in [3.63, 3.8) is 0 Å². The third-order valence-electron chi connectivity index (χ3n) is 8.29. The molecule has 0 spiro atoms. The molecule has 45 heavy (non-hydrogen) atoms. The Bertz CT molecular complexity index is 1920. The second-order valence-corrected chi connectivity index (χ2v) is 11.7. The maximum Gasteiger partial charge on any atom is 0.201 e. The van der Waals surface area contributed by atoms with Crippen molar-refractivity contribution in [2.75, 3.05) is 26.4 Å². The predicted octanol–water partition coefficient (Wildman–Crippen LogP) is 8.40. The summed E-state index contributed by atoms with van der Waals surface area (Å²) in [5, 5.41) is 1.89. The van der Waals surface area contributed by atoms with Gasteiger partial charge in [-0.15, -0.1) is 0 Å². The molecule has 3 aromatic carbocycles. The maximum absolute atomic E-state index is 14.3. The molecule has 0 aliphatic carbocycles. The number of ether oxygens (including phenoxy) is 4. The molecular weight excluding hydrogens is 568 g/mol. The molecule has 0 fully saturated rings. The van der Waals surface area contributed by atoms with Gasteiger partial charge in [-0.2, -0.15) is 0 Å². The van der Waals surface area contributed by atoms with E-state index >= 15 is 0 Å². The standard InChI is InChI=1S/C37H46N2O6/c1-6-10-18-42-28-14-16-30(44-20-12-8-3)34-32(28)36(40)24-23-27-25(22-26(24)38-34)37(41)33-29(43-19-11-7-2)15-17-31(35(33)39(27)5)45-21-13-9-4/h14-17,22-23H,6-13,18-21H2,1-5H3,(H,38,40). The molecule has 5 rings (SSSR count). The van der Waals surface area contributed by atoms with E-state index in [-0.39, 0.29) is 10.9 Å². The Labute approximate surface area is 264 Å².